The lowest BCUT2D eigenvalue weighted by atomic mass is 10.1. The fourth-order valence-electron chi connectivity index (χ4n) is 2.58. The number of benzene rings is 1. The molecular formula is C15H18FNO3S. The number of carboxylic acids is 1. The summed E-state index contributed by atoms with van der Waals surface area (Å²) in [5.41, 5.74) is -0.267. The first-order valence-electron chi connectivity index (χ1n) is 6.98. The van der Waals surface area contributed by atoms with Crippen LogP contribution in [0.15, 0.2) is 18.2 Å². The van der Waals surface area contributed by atoms with E-state index >= 15 is 0 Å². The molecule has 2 unspecified atom stereocenters. The van der Waals surface area contributed by atoms with E-state index in [1.807, 2.05) is 11.8 Å². The average molecular weight is 311 g/mol. The van der Waals surface area contributed by atoms with Gasteiger partial charge in [-0.3, -0.25) is 4.79 Å². The maximum absolute atomic E-state index is 13.9. The van der Waals surface area contributed by atoms with Crippen LogP contribution >= 0.6 is 11.8 Å². The van der Waals surface area contributed by atoms with Crippen molar-refractivity contribution in [2.45, 2.75) is 37.5 Å². The first-order valence-corrected chi connectivity index (χ1v) is 8.03. The number of carbonyl (C=O) groups excluding carboxylic acids is 1. The van der Waals surface area contributed by atoms with Crippen LogP contribution in [-0.2, 0) is 0 Å². The fourth-order valence-corrected chi connectivity index (χ4v) is 3.78. The number of carbonyl (C=O) groups is 2. The van der Waals surface area contributed by atoms with E-state index in [-0.39, 0.29) is 17.2 Å². The molecule has 1 amide bonds. The maximum Gasteiger partial charge on any atom is 0.335 e. The van der Waals surface area contributed by atoms with E-state index in [1.165, 1.54) is 12.1 Å². The summed E-state index contributed by atoms with van der Waals surface area (Å²) in [6, 6.07) is 3.41. The van der Waals surface area contributed by atoms with Crippen LogP contribution in [0.3, 0.4) is 0 Å². The molecule has 1 aliphatic rings. The summed E-state index contributed by atoms with van der Waals surface area (Å²) in [6.45, 7) is 2.08. The van der Waals surface area contributed by atoms with Gasteiger partial charge in [0.1, 0.15) is 5.82 Å². The topological polar surface area (TPSA) is 66.4 Å². The lowest BCUT2D eigenvalue weighted by molar-refractivity contribution is 0.0695. The summed E-state index contributed by atoms with van der Waals surface area (Å²) in [4.78, 5) is 22.9. The number of hydrogen-bond donors (Lipinski definition) is 2. The van der Waals surface area contributed by atoms with Gasteiger partial charge in [0.05, 0.1) is 11.1 Å². The predicted molar refractivity (Wildman–Crippen MR) is 80.4 cm³/mol. The van der Waals surface area contributed by atoms with Crippen molar-refractivity contribution in [3.05, 3.63) is 35.1 Å². The van der Waals surface area contributed by atoms with Crippen molar-refractivity contribution in [3.8, 4) is 0 Å². The largest absolute Gasteiger partial charge is 0.478 e. The van der Waals surface area contributed by atoms with E-state index in [0.717, 1.165) is 31.1 Å². The van der Waals surface area contributed by atoms with Crippen molar-refractivity contribution < 1.29 is 19.1 Å². The van der Waals surface area contributed by atoms with Crippen LogP contribution in [0.4, 0.5) is 4.39 Å². The lowest BCUT2D eigenvalue weighted by Gasteiger charge is -2.20. The Balaban J connectivity index is 2.08. The molecule has 6 heteroatoms. The van der Waals surface area contributed by atoms with E-state index < -0.39 is 17.7 Å². The molecule has 0 heterocycles. The van der Waals surface area contributed by atoms with Gasteiger partial charge in [-0.25, -0.2) is 9.18 Å². The Hall–Kier alpha value is -1.56. The Labute approximate surface area is 127 Å². The van der Waals surface area contributed by atoms with Gasteiger partial charge in [-0.1, -0.05) is 13.3 Å². The molecule has 2 N–H and O–H groups in total. The van der Waals surface area contributed by atoms with Gasteiger partial charge in [0.15, 0.2) is 0 Å². The minimum absolute atomic E-state index is 0.0565. The molecule has 2 rings (SSSR count). The number of amides is 1. The summed E-state index contributed by atoms with van der Waals surface area (Å²) in [6.07, 6.45) is 3.02. The highest BCUT2D eigenvalue weighted by Gasteiger charge is 2.29. The summed E-state index contributed by atoms with van der Waals surface area (Å²) >= 11 is 1.81. The molecule has 0 spiro atoms. The zero-order valence-corrected chi connectivity index (χ0v) is 12.6. The molecule has 1 saturated carbocycles. The molecular weight excluding hydrogens is 293 g/mol. The minimum Gasteiger partial charge on any atom is -0.478 e. The van der Waals surface area contributed by atoms with Crippen LogP contribution in [0, 0.1) is 5.82 Å². The van der Waals surface area contributed by atoms with E-state index in [0.29, 0.717) is 5.25 Å². The molecule has 1 aliphatic carbocycles. The van der Waals surface area contributed by atoms with Crippen LogP contribution < -0.4 is 5.32 Å². The van der Waals surface area contributed by atoms with Gasteiger partial charge in [0, 0.05) is 11.3 Å². The maximum atomic E-state index is 13.9. The predicted octanol–water partition coefficient (Wildman–Crippen LogP) is 2.93. The Morgan fingerprint density at radius 3 is 2.81 bits per heavy atom. The Morgan fingerprint density at radius 2 is 2.19 bits per heavy atom. The van der Waals surface area contributed by atoms with Crippen LogP contribution in [0.1, 0.15) is 46.9 Å². The highest BCUT2D eigenvalue weighted by Crippen LogP contribution is 2.30. The average Bonchev–Trinajstić information content (AvgIpc) is 2.86. The molecule has 114 valence electrons. The zero-order valence-electron chi connectivity index (χ0n) is 11.8. The van der Waals surface area contributed by atoms with Crippen molar-refractivity contribution in [2.75, 3.05) is 5.75 Å². The molecule has 0 aromatic heterocycles. The summed E-state index contributed by atoms with van der Waals surface area (Å²) in [5.74, 6) is -1.50. The van der Waals surface area contributed by atoms with Gasteiger partial charge in [-0.15, -0.1) is 0 Å². The van der Waals surface area contributed by atoms with Crippen molar-refractivity contribution in [2.24, 2.45) is 0 Å². The van der Waals surface area contributed by atoms with Gasteiger partial charge < -0.3 is 10.4 Å². The molecule has 0 saturated heterocycles. The smallest absolute Gasteiger partial charge is 0.335 e. The Morgan fingerprint density at radius 1 is 1.43 bits per heavy atom. The highest BCUT2D eigenvalue weighted by atomic mass is 32.2. The van der Waals surface area contributed by atoms with Crippen molar-refractivity contribution >= 4 is 23.6 Å². The normalized spacial score (nSPS) is 21.2. The first-order chi connectivity index (χ1) is 10.0. The molecule has 1 aromatic rings. The van der Waals surface area contributed by atoms with Gasteiger partial charge in [-0.2, -0.15) is 11.8 Å². The fraction of sp³-hybridized carbons (Fsp3) is 0.467. The summed E-state index contributed by atoms with van der Waals surface area (Å²) in [5, 5.41) is 12.0. The number of rotatable bonds is 5. The minimum atomic E-state index is -1.21. The first kappa shape index (κ1) is 15.8. The SMILES string of the molecule is CCSC1CCCC1NC(=O)c1ccc(C(=O)O)cc1F. The van der Waals surface area contributed by atoms with E-state index in [9.17, 15) is 14.0 Å². The quantitative estimate of drug-likeness (QED) is 0.877. The monoisotopic (exact) mass is 311 g/mol. The van der Waals surface area contributed by atoms with Crippen LogP contribution in [0.5, 0.6) is 0 Å². The third-order valence-electron chi connectivity index (χ3n) is 3.61. The van der Waals surface area contributed by atoms with Gasteiger partial charge in [0.25, 0.3) is 5.91 Å². The van der Waals surface area contributed by atoms with Crippen molar-refractivity contribution in [1.82, 2.24) is 5.32 Å². The van der Waals surface area contributed by atoms with E-state index in [2.05, 4.69) is 12.2 Å². The van der Waals surface area contributed by atoms with E-state index in [1.54, 1.807) is 0 Å². The summed E-state index contributed by atoms with van der Waals surface area (Å²) in [7, 11) is 0. The standard InChI is InChI=1S/C15H18FNO3S/c1-2-21-13-5-3-4-12(13)17-14(18)10-7-6-9(15(19)20)8-11(10)16/h6-8,12-13H,2-5H2,1H3,(H,17,18)(H,19,20). The number of carboxylic acid groups (broad SMARTS) is 1. The molecule has 2 atom stereocenters. The number of aromatic carboxylic acids is 1. The molecule has 21 heavy (non-hydrogen) atoms. The van der Waals surface area contributed by atoms with Gasteiger partial charge in [-0.05, 0) is 36.8 Å². The van der Waals surface area contributed by atoms with Crippen molar-refractivity contribution in [3.63, 3.8) is 0 Å². The number of halogens is 1. The molecule has 0 bridgehead atoms. The summed E-state index contributed by atoms with van der Waals surface area (Å²) < 4.78 is 13.9. The van der Waals surface area contributed by atoms with E-state index in [4.69, 9.17) is 5.11 Å². The Kier molecular flexibility index (Phi) is 5.22. The molecule has 1 aromatic carbocycles. The molecule has 0 radical (unpaired) electrons. The van der Waals surface area contributed by atoms with Crippen LogP contribution in [0.25, 0.3) is 0 Å². The second-order valence-electron chi connectivity index (χ2n) is 5.00. The van der Waals surface area contributed by atoms with Gasteiger partial charge in [0.2, 0.25) is 0 Å². The number of hydrogen-bond acceptors (Lipinski definition) is 3. The second kappa shape index (κ2) is 6.93. The highest BCUT2D eigenvalue weighted by molar-refractivity contribution is 7.99. The molecule has 4 nitrogen and oxygen atoms in total. The third-order valence-corrected chi connectivity index (χ3v) is 4.94. The molecule has 0 aliphatic heterocycles. The van der Waals surface area contributed by atoms with Crippen molar-refractivity contribution in [1.29, 1.82) is 0 Å². The molecule has 1 fully saturated rings. The second-order valence-corrected chi connectivity index (χ2v) is 6.52. The zero-order chi connectivity index (χ0) is 15.4. The van der Waals surface area contributed by atoms with Crippen LogP contribution in [-0.4, -0.2) is 34.0 Å². The Bertz CT molecular complexity index is 550. The lowest BCUT2D eigenvalue weighted by Crippen LogP contribution is -2.39. The number of thioether (sulfide) groups is 1. The van der Waals surface area contributed by atoms with Crippen LogP contribution in [0.2, 0.25) is 0 Å². The van der Waals surface area contributed by atoms with Gasteiger partial charge >= 0.3 is 5.97 Å². The third kappa shape index (κ3) is 3.75. The number of nitrogens with one attached hydrogen (secondary N) is 1.